The van der Waals surface area contributed by atoms with Crippen LogP contribution in [0.5, 0.6) is 0 Å². The lowest BCUT2D eigenvalue weighted by atomic mass is 9.97. The Bertz CT molecular complexity index is 754. The lowest BCUT2D eigenvalue weighted by Gasteiger charge is -2.27. The maximum absolute atomic E-state index is 12.3. The van der Waals surface area contributed by atoms with Gasteiger partial charge in [-0.25, -0.2) is 0 Å². The van der Waals surface area contributed by atoms with Crippen LogP contribution in [0.1, 0.15) is 49.8 Å². The van der Waals surface area contributed by atoms with Gasteiger partial charge in [-0.3, -0.25) is 9.59 Å². The zero-order chi connectivity index (χ0) is 19.1. The van der Waals surface area contributed by atoms with Crippen molar-refractivity contribution in [3.8, 4) is 0 Å². The topological polar surface area (TPSA) is 49.4 Å². The minimum absolute atomic E-state index is 0.0444. The summed E-state index contributed by atoms with van der Waals surface area (Å²) in [5.74, 6) is 0.204. The molecule has 4 nitrogen and oxygen atoms in total. The highest BCUT2D eigenvalue weighted by atomic mass is 16.2. The smallest absolute Gasteiger partial charge is 0.223 e. The Morgan fingerprint density at radius 2 is 1.73 bits per heavy atom. The number of para-hydroxylation sites is 1. The highest BCUT2D eigenvalue weighted by molar-refractivity contribution is 5.94. The van der Waals surface area contributed by atoms with Crippen molar-refractivity contribution in [1.82, 2.24) is 5.32 Å². The molecule has 0 aliphatic heterocycles. The molecule has 1 N–H and O–H groups in total. The summed E-state index contributed by atoms with van der Waals surface area (Å²) in [5, 5.41) is 2.92. The summed E-state index contributed by atoms with van der Waals surface area (Å²) >= 11 is 0. The fourth-order valence-electron chi connectivity index (χ4n) is 3.04. The SMILES string of the molecule is CC(=O)N(CCC(=O)NCc1ccccc1)c1c(C)cccc1C(C)C. The molecule has 2 amide bonds. The van der Waals surface area contributed by atoms with Gasteiger partial charge in [-0.2, -0.15) is 0 Å². The van der Waals surface area contributed by atoms with Crippen LogP contribution in [0.25, 0.3) is 0 Å². The summed E-state index contributed by atoms with van der Waals surface area (Å²) < 4.78 is 0. The fourth-order valence-corrected chi connectivity index (χ4v) is 3.04. The summed E-state index contributed by atoms with van der Waals surface area (Å²) in [6.07, 6.45) is 0.276. The van der Waals surface area contributed by atoms with Crippen LogP contribution in [0.2, 0.25) is 0 Å². The van der Waals surface area contributed by atoms with Crippen LogP contribution >= 0.6 is 0 Å². The molecule has 0 aliphatic rings. The molecule has 0 heterocycles. The summed E-state index contributed by atoms with van der Waals surface area (Å²) in [6, 6.07) is 15.9. The molecule has 0 bridgehead atoms. The highest BCUT2D eigenvalue weighted by Crippen LogP contribution is 2.31. The average molecular weight is 352 g/mol. The maximum Gasteiger partial charge on any atom is 0.223 e. The molecule has 0 saturated carbocycles. The Labute approximate surface area is 156 Å². The number of hydrogen-bond donors (Lipinski definition) is 1. The number of carbonyl (C=O) groups excluding carboxylic acids is 2. The van der Waals surface area contributed by atoms with Gasteiger partial charge in [0.15, 0.2) is 0 Å². The third kappa shape index (κ3) is 5.19. The van der Waals surface area contributed by atoms with Gasteiger partial charge in [0.2, 0.25) is 11.8 Å². The number of nitrogens with zero attached hydrogens (tertiary/aromatic N) is 1. The molecule has 0 aliphatic carbocycles. The van der Waals surface area contributed by atoms with Gasteiger partial charge in [-0.15, -0.1) is 0 Å². The van der Waals surface area contributed by atoms with Gasteiger partial charge in [-0.1, -0.05) is 62.4 Å². The Morgan fingerprint density at radius 1 is 1.04 bits per heavy atom. The zero-order valence-corrected chi connectivity index (χ0v) is 16.1. The molecule has 0 radical (unpaired) electrons. The van der Waals surface area contributed by atoms with E-state index in [1.807, 2.05) is 49.4 Å². The fraction of sp³-hybridized carbons (Fsp3) is 0.364. The minimum atomic E-state index is -0.0558. The van der Waals surface area contributed by atoms with Gasteiger partial charge in [0.05, 0.1) is 0 Å². The number of nitrogens with one attached hydrogen (secondary N) is 1. The molecular formula is C22H28N2O2. The van der Waals surface area contributed by atoms with E-state index < -0.39 is 0 Å². The molecule has 0 unspecified atom stereocenters. The Hall–Kier alpha value is -2.62. The van der Waals surface area contributed by atoms with E-state index in [0.29, 0.717) is 19.0 Å². The van der Waals surface area contributed by atoms with Crippen LogP contribution in [0, 0.1) is 6.92 Å². The normalized spacial score (nSPS) is 10.7. The van der Waals surface area contributed by atoms with E-state index in [4.69, 9.17) is 0 Å². The van der Waals surface area contributed by atoms with E-state index in [0.717, 1.165) is 22.4 Å². The Balaban J connectivity index is 2.05. The molecule has 0 saturated heterocycles. The van der Waals surface area contributed by atoms with Crippen LogP contribution < -0.4 is 10.2 Å². The van der Waals surface area contributed by atoms with E-state index >= 15 is 0 Å². The number of carbonyl (C=O) groups is 2. The summed E-state index contributed by atoms with van der Waals surface area (Å²) in [6.45, 7) is 8.67. The van der Waals surface area contributed by atoms with E-state index in [1.165, 1.54) is 0 Å². The summed E-state index contributed by atoms with van der Waals surface area (Å²) in [4.78, 5) is 26.2. The Kier molecular flexibility index (Phi) is 6.96. The van der Waals surface area contributed by atoms with Crippen LogP contribution in [-0.4, -0.2) is 18.4 Å². The van der Waals surface area contributed by atoms with Crippen LogP contribution in [0.4, 0.5) is 5.69 Å². The van der Waals surface area contributed by atoms with Crippen molar-refractivity contribution in [2.24, 2.45) is 0 Å². The largest absolute Gasteiger partial charge is 0.352 e. The number of amides is 2. The Morgan fingerprint density at radius 3 is 2.35 bits per heavy atom. The first-order chi connectivity index (χ1) is 12.4. The lowest BCUT2D eigenvalue weighted by Crippen LogP contribution is -2.35. The molecule has 2 rings (SSSR count). The first-order valence-corrected chi connectivity index (χ1v) is 9.08. The number of benzene rings is 2. The molecule has 26 heavy (non-hydrogen) atoms. The third-order valence-electron chi connectivity index (χ3n) is 4.44. The van der Waals surface area contributed by atoms with Gasteiger partial charge < -0.3 is 10.2 Å². The predicted molar refractivity (Wildman–Crippen MR) is 106 cm³/mol. The zero-order valence-electron chi connectivity index (χ0n) is 16.1. The molecule has 2 aromatic rings. The first-order valence-electron chi connectivity index (χ1n) is 9.08. The van der Waals surface area contributed by atoms with Crippen LogP contribution in [0.15, 0.2) is 48.5 Å². The third-order valence-corrected chi connectivity index (χ3v) is 4.44. The second kappa shape index (κ2) is 9.18. The monoisotopic (exact) mass is 352 g/mol. The number of aryl methyl sites for hydroxylation is 1. The number of rotatable bonds is 7. The van der Waals surface area contributed by atoms with Gasteiger partial charge >= 0.3 is 0 Å². The second-order valence-corrected chi connectivity index (χ2v) is 6.85. The molecule has 0 atom stereocenters. The van der Waals surface area contributed by atoms with Crippen molar-refractivity contribution < 1.29 is 9.59 Å². The molecule has 0 fully saturated rings. The minimum Gasteiger partial charge on any atom is -0.352 e. The van der Waals surface area contributed by atoms with Crippen LogP contribution in [0.3, 0.4) is 0 Å². The van der Waals surface area contributed by atoms with Gasteiger partial charge in [0, 0.05) is 32.1 Å². The molecular weight excluding hydrogens is 324 g/mol. The molecule has 4 heteroatoms. The van der Waals surface area contributed by atoms with E-state index in [2.05, 4.69) is 25.2 Å². The molecule has 2 aromatic carbocycles. The number of hydrogen-bond acceptors (Lipinski definition) is 2. The first kappa shape index (κ1) is 19.7. The van der Waals surface area contributed by atoms with Crippen molar-refractivity contribution in [1.29, 1.82) is 0 Å². The molecule has 0 aromatic heterocycles. The van der Waals surface area contributed by atoms with Gasteiger partial charge in [0.25, 0.3) is 0 Å². The van der Waals surface area contributed by atoms with Gasteiger partial charge in [0.1, 0.15) is 0 Å². The van der Waals surface area contributed by atoms with Crippen molar-refractivity contribution in [2.75, 3.05) is 11.4 Å². The standard InChI is InChI=1S/C22H28N2O2/c1-16(2)20-12-8-9-17(3)22(20)24(18(4)25)14-13-21(26)23-15-19-10-6-5-7-11-19/h5-12,16H,13-15H2,1-4H3,(H,23,26). The molecule has 138 valence electrons. The lowest BCUT2D eigenvalue weighted by molar-refractivity contribution is -0.121. The van der Waals surface area contributed by atoms with Crippen molar-refractivity contribution in [2.45, 2.75) is 46.6 Å². The van der Waals surface area contributed by atoms with E-state index in [1.54, 1.807) is 11.8 Å². The van der Waals surface area contributed by atoms with Gasteiger partial charge in [-0.05, 0) is 29.5 Å². The van der Waals surface area contributed by atoms with Crippen molar-refractivity contribution in [3.63, 3.8) is 0 Å². The summed E-state index contributed by atoms with van der Waals surface area (Å²) in [7, 11) is 0. The van der Waals surface area contributed by atoms with Crippen molar-refractivity contribution >= 4 is 17.5 Å². The predicted octanol–water partition coefficient (Wildman–Crippen LogP) is 4.18. The summed E-state index contributed by atoms with van der Waals surface area (Å²) in [5.41, 5.74) is 4.18. The van der Waals surface area contributed by atoms with Crippen LogP contribution in [-0.2, 0) is 16.1 Å². The van der Waals surface area contributed by atoms with E-state index in [9.17, 15) is 9.59 Å². The maximum atomic E-state index is 12.3. The second-order valence-electron chi connectivity index (χ2n) is 6.85. The number of anilines is 1. The molecule has 0 spiro atoms. The van der Waals surface area contributed by atoms with Crippen molar-refractivity contribution in [3.05, 3.63) is 65.2 Å². The quantitative estimate of drug-likeness (QED) is 0.813. The van der Waals surface area contributed by atoms with E-state index in [-0.39, 0.29) is 18.2 Å². The highest BCUT2D eigenvalue weighted by Gasteiger charge is 2.20. The average Bonchev–Trinajstić information content (AvgIpc) is 2.61.